The number of amides is 3. The fraction of sp³-hybridized carbons (Fsp3) is 0.429. The van der Waals surface area contributed by atoms with Crippen molar-refractivity contribution in [1.29, 1.82) is 0 Å². The average molecular weight is 494 g/mol. The molecule has 0 radical (unpaired) electrons. The average Bonchev–Trinajstić information content (AvgIpc) is 3.10. The summed E-state index contributed by atoms with van der Waals surface area (Å²) in [5.74, 6) is 1.43. The largest absolute Gasteiger partial charge is 0.497 e. The van der Waals surface area contributed by atoms with Gasteiger partial charge in [0, 0.05) is 33.3 Å². The van der Waals surface area contributed by atoms with Gasteiger partial charge in [0.2, 0.25) is 0 Å². The van der Waals surface area contributed by atoms with Gasteiger partial charge in [-0.2, -0.15) is 0 Å². The quantitative estimate of drug-likeness (QED) is 0.471. The molecule has 3 amide bonds. The molecular weight excluding hydrogens is 458 g/mol. The third kappa shape index (κ3) is 5.39. The Morgan fingerprint density at radius 3 is 2.33 bits per heavy atom. The van der Waals surface area contributed by atoms with Crippen molar-refractivity contribution in [3.05, 3.63) is 65.7 Å². The van der Waals surface area contributed by atoms with Crippen LogP contribution in [0.4, 0.5) is 4.79 Å². The van der Waals surface area contributed by atoms with Crippen molar-refractivity contribution in [3.8, 4) is 11.5 Å². The second-order valence-corrected chi connectivity index (χ2v) is 9.18. The Morgan fingerprint density at radius 1 is 0.944 bits per heavy atom. The maximum atomic E-state index is 13.7. The molecule has 2 aliphatic rings. The van der Waals surface area contributed by atoms with Gasteiger partial charge in [-0.15, -0.1) is 0 Å². The highest BCUT2D eigenvalue weighted by molar-refractivity contribution is 6.07. The molecule has 0 N–H and O–H groups in total. The fourth-order valence-electron chi connectivity index (χ4n) is 5.01. The second kappa shape index (κ2) is 11.6. The van der Waals surface area contributed by atoms with Crippen LogP contribution in [-0.4, -0.2) is 86.3 Å². The van der Waals surface area contributed by atoms with E-state index >= 15 is 0 Å². The van der Waals surface area contributed by atoms with Crippen LogP contribution in [-0.2, 0) is 16.1 Å². The minimum atomic E-state index is -0.815. The predicted molar refractivity (Wildman–Crippen MR) is 138 cm³/mol. The zero-order chi connectivity index (χ0) is 25.5. The first kappa shape index (κ1) is 25.7. The number of urea groups is 1. The van der Waals surface area contributed by atoms with E-state index in [9.17, 15) is 9.59 Å². The van der Waals surface area contributed by atoms with Crippen molar-refractivity contribution in [3.63, 3.8) is 0 Å². The number of likely N-dealkylation sites (tertiary alicyclic amines) is 1. The molecule has 2 aromatic rings. The zero-order valence-electron chi connectivity index (χ0n) is 21.3. The molecule has 8 heteroatoms. The second-order valence-electron chi connectivity index (χ2n) is 9.18. The highest BCUT2D eigenvalue weighted by Crippen LogP contribution is 2.38. The lowest BCUT2D eigenvalue weighted by molar-refractivity contribution is -0.136. The normalized spacial score (nSPS) is 18.0. The summed E-state index contributed by atoms with van der Waals surface area (Å²) in [6.07, 6.45) is 5.44. The van der Waals surface area contributed by atoms with Crippen LogP contribution < -0.4 is 9.47 Å². The van der Waals surface area contributed by atoms with E-state index in [1.165, 1.54) is 4.90 Å². The van der Waals surface area contributed by atoms with Crippen LogP contribution >= 0.6 is 0 Å². The van der Waals surface area contributed by atoms with Crippen LogP contribution in [0.5, 0.6) is 11.5 Å². The number of rotatable bonds is 10. The molecule has 2 saturated heterocycles. The molecule has 36 heavy (non-hydrogen) atoms. The number of methoxy groups -OCH3 is 3. The monoisotopic (exact) mass is 493 g/mol. The number of hydrogen-bond donors (Lipinski definition) is 0. The minimum Gasteiger partial charge on any atom is -0.497 e. The van der Waals surface area contributed by atoms with Gasteiger partial charge < -0.3 is 19.1 Å². The van der Waals surface area contributed by atoms with Gasteiger partial charge in [-0.3, -0.25) is 14.6 Å². The highest BCUT2D eigenvalue weighted by Gasteiger charge is 2.57. The predicted octanol–water partition coefficient (Wildman–Crippen LogP) is 3.66. The van der Waals surface area contributed by atoms with Crippen molar-refractivity contribution >= 4 is 18.0 Å². The molecular formula is C28H35N3O5. The van der Waals surface area contributed by atoms with Crippen molar-refractivity contribution in [2.24, 2.45) is 0 Å². The molecule has 0 atom stereocenters. The zero-order valence-corrected chi connectivity index (χ0v) is 21.3. The Hall–Kier alpha value is -3.36. The van der Waals surface area contributed by atoms with Crippen LogP contribution in [0.15, 0.2) is 54.6 Å². The van der Waals surface area contributed by atoms with E-state index in [4.69, 9.17) is 14.2 Å². The van der Waals surface area contributed by atoms with Crippen LogP contribution in [0.2, 0.25) is 0 Å². The van der Waals surface area contributed by atoms with Crippen molar-refractivity contribution < 1.29 is 23.8 Å². The van der Waals surface area contributed by atoms with E-state index in [1.54, 1.807) is 26.2 Å². The lowest BCUT2D eigenvalue weighted by Gasteiger charge is -2.42. The van der Waals surface area contributed by atoms with Gasteiger partial charge in [-0.25, -0.2) is 4.79 Å². The van der Waals surface area contributed by atoms with Gasteiger partial charge in [0.15, 0.2) is 0 Å². The molecule has 2 heterocycles. The van der Waals surface area contributed by atoms with Gasteiger partial charge in [0.25, 0.3) is 5.91 Å². The van der Waals surface area contributed by atoms with Crippen LogP contribution in [0.3, 0.4) is 0 Å². The lowest BCUT2D eigenvalue weighted by Crippen LogP contribution is -2.57. The third-order valence-electron chi connectivity index (χ3n) is 7.09. The maximum Gasteiger partial charge on any atom is 0.328 e. The molecule has 2 aromatic carbocycles. The summed E-state index contributed by atoms with van der Waals surface area (Å²) in [4.78, 5) is 32.6. The van der Waals surface area contributed by atoms with Crippen LogP contribution in [0, 0.1) is 0 Å². The van der Waals surface area contributed by atoms with E-state index < -0.39 is 5.54 Å². The first-order valence-corrected chi connectivity index (χ1v) is 12.3. The molecule has 0 saturated carbocycles. The van der Waals surface area contributed by atoms with E-state index in [-0.39, 0.29) is 18.5 Å². The summed E-state index contributed by atoms with van der Waals surface area (Å²) in [6, 6.07) is 15.2. The molecule has 2 fully saturated rings. The van der Waals surface area contributed by atoms with E-state index in [2.05, 4.69) is 17.1 Å². The summed E-state index contributed by atoms with van der Waals surface area (Å²) in [5.41, 5.74) is 1.16. The molecule has 2 aliphatic heterocycles. The standard InChI is InChI=1S/C28H35N3O5/c1-34-19-18-31-27(33)30(21-23-6-4-8-25(20-23)36-3)26(32)28(31)13-16-29(17-14-28)15-5-7-22-9-11-24(35-2)12-10-22/h4-12,20H,13-19,21H2,1-3H3. The number of carbonyl (C=O) groups is 2. The Bertz CT molecular complexity index is 1080. The van der Waals surface area contributed by atoms with E-state index in [1.807, 2.05) is 48.5 Å². The molecule has 0 aromatic heterocycles. The maximum absolute atomic E-state index is 13.7. The highest BCUT2D eigenvalue weighted by atomic mass is 16.5. The van der Waals surface area contributed by atoms with E-state index in [0.717, 1.165) is 36.5 Å². The first-order chi connectivity index (χ1) is 17.5. The SMILES string of the molecule is COCCN1C(=O)N(Cc2cccc(OC)c2)C(=O)C12CCN(CC=Cc1ccc(OC)cc1)CC2. The molecule has 4 rings (SSSR count). The molecule has 192 valence electrons. The topological polar surface area (TPSA) is 71.6 Å². The van der Waals surface area contributed by atoms with E-state index in [0.29, 0.717) is 31.7 Å². The number of nitrogens with zero attached hydrogens (tertiary/aromatic N) is 3. The number of imide groups is 1. The van der Waals surface area contributed by atoms with Crippen LogP contribution in [0.1, 0.15) is 24.0 Å². The number of carbonyl (C=O) groups excluding carboxylic acids is 2. The van der Waals surface area contributed by atoms with Gasteiger partial charge >= 0.3 is 6.03 Å². The minimum absolute atomic E-state index is 0.111. The molecule has 8 nitrogen and oxygen atoms in total. The number of hydrogen-bond acceptors (Lipinski definition) is 6. The Kier molecular flexibility index (Phi) is 8.28. The first-order valence-electron chi connectivity index (χ1n) is 12.3. The Labute approximate surface area is 213 Å². The van der Waals surface area contributed by atoms with Crippen molar-refractivity contribution in [2.45, 2.75) is 24.9 Å². The summed E-state index contributed by atoms with van der Waals surface area (Å²) >= 11 is 0. The summed E-state index contributed by atoms with van der Waals surface area (Å²) in [5, 5.41) is 0. The third-order valence-corrected chi connectivity index (χ3v) is 7.09. The smallest absolute Gasteiger partial charge is 0.328 e. The molecule has 1 spiro atoms. The van der Waals surface area contributed by atoms with Crippen molar-refractivity contribution in [2.75, 3.05) is 54.1 Å². The summed E-state index contributed by atoms with van der Waals surface area (Å²) < 4.78 is 15.8. The number of ether oxygens (including phenoxy) is 3. The Balaban J connectivity index is 1.43. The molecule has 0 unspecified atom stereocenters. The van der Waals surface area contributed by atoms with Crippen LogP contribution in [0.25, 0.3) is 6.08 Å². The number of benzene rings is 2. The fourth-order valence-corrected chi connectivity index (χ4v) is 5.01. The molecule has 0 aliphatic carbocycles. The van der Waals surface area contributed by atoms with Gasteiger partial charge in [-0.1, -0.05) is 36.4 Å². The summed E-state index contributed by atoms with van der Waals surface area (Å²) in [6.45, 7) is 3.28. The molecule has 0 bridgehead atoms. The Morgan fingerprint density at radius 2 is 1.67 bits per heavy atom. The van der Waals surface area contributed by atoms with Gasteiger partial charge in [0.05, 0.1) is 27.4 Å². The lowest BCUT2D eigenvalue weighted by atomic mass is 9.85. The summed E-state index contributed by atoms with van der Waals surface area (Å²) in [7, 11) is 4.87. The van der Waals surface area contributed by atoms with Gasteiger partial charge in [0.1, 0.15) is 17.0 Å². The van der Waals surface area contributed by atoms with Crippen molar-refractivity contribution in [1.82, 2.24) is 14.7 Å². The number of piperidine rings is 1. The van der Waals surface area contributed by atoms with Gasteiger partial charge in [-0.05, 0) is 48.2 Å².